The van der Waals surface area contributed by atoms with E-state index in [9.17, 15) is 4.79 Å². The number of hydrogen-bond acceptors (Lipinski definition) is 3. The summed E-state index contributed by atoms with van der Waals surface area (Å²) in [4.78, 5) is 13.8. The van der Waals surface area contributed by atoms with E-state index in [2.05, 4.69) is 0 Å². The van der Waals surface area contributed by atoms with Gasteiger partial charge in [-0.25, -0.2) is 0 Å². The molecule has 0 aliphatic rings. The maximum absolute atomic E-state index is 11.8. The summed E-state index contributed by atoms with van der Waals surface area (Å²) in [5, 5.41) is 0. The first-order chi connectivity index (χ1) is 9.09. The van der Waals surface area contributed by atoms with Crippen LogP contribution in [0.15, 0.2) is 30.3 Å². The number of nitrogens with zero attached hydrogens (tertiary/aromatic N) is 1. The van der Waals surface area contributed by atoms with Crippen molar-refractivity contribution in [2.75, 3.05) is 20.2 Å². The molecule has 5 heteroatoms. The van der Waals surface area contributed by atoms with E-state index in [1.807, 2.05) is 30.3 Å². The summed E-state index contributed by atoms with van der Waals surface area (Å²) < 4.78 is 5.52. The molecule has 0 saturated carbocycles. The third-order valence-electron chi connectivity index (χ3n) is 2.67. The number of carbonyl (C=O) groups is 1. The van der Waals surface area contributed by atoms with Gasteiger partial charge in [-0.1, -0.05) is 30.4 Å². The van der Waals surface area contributed by atoms with Crippen LogP contribution in [-0.2, 0) is 4.79 Å². The van der Waals surface area contributed by atoms with Crippen molar-refractivity contribution in [3.63, 3.8) is 0 Å². The summed E-state index contributed by atoms with van der Waals surface area (Å²) in [7, 11) is 1.76. The topological polar surface area (TPSA) is 55.6 Å². The van der Waals surface area contributed by atoms with Crippen molar-refractivity contribution in [3.05, 3.63) is 30.3 Å². The van der Waals surface area contributed by atoms with Crippen molar-refractivity contribution in [1.82, 2.24) is 4.90 Å². The zero-order valence-electron chi connectivity index (χ0n) is 11.2. The van der Waals surface area contributed by atoms with Crippen LogP contribution in [0.25, 0.3) is 0 Å². The summed E-state index contributed by atoms with van der Waals surface area (Å²) in [6, 6.07) is 9.58. The molecule has 0 unspecified atom stereocenters. The molecule has 0 aliphatic carbocycles. The molecule has 104 valence electrons. The fraction of sp³-hybridized carbons (Fsp3) is 0.429. The second-order valence-electron chi connectivity index (χ2n) is 4.30. The number of carbonyl (C=O) groups excluding carboxylic acids is 1. The lowest BCUT2D eigenvalue weighted by molar-refractivity contribution is -0.130. The second kappa shape index (κ2) is 8.48. The first-order valence-corrected chi connectivity index (χ1v) is 6.70. The van der Waals surface area contributed by atoms with Crippen LogP contribution in [0.2, 0.25) is 0 Å². The number of benzene rings is 1. The van der Waals surface area contributed by atoms with Crippen LogP contribution in [0.5, 0.6) is 5.75 Å². The summed E-state index contributed by atoms with van der Waals surface area (Å²) in [5.74, 6) is 0.921. The molecular weight excluding hydrogens is 260 g/mol. The smallest absolute Gasteiger partial charge is 0.222 e. The first-order valence-electron chi connectivity index (χ1n) is 6.29. The molecule has 0 aromatic heterocycles. The molecule has 0 radical (unpaired) electrons. The van der Waals surface area contributed by atoms with E-state index in [0.29, 0.717) is 37.4 Å². The van der Waals surface area contributed by atoms with Gasteiger partial charge >= 0.3 is 0 Å². The fourth-order valence-corrected chi connectivity index (χ4v) is 1.61. The average molecular weight is 280 g/mol. The highest BCUT2D eigenvalue weighted by atomic mass is 32.1. The van der Waals surface area contributed by atoms with Gasteiger partial charge in [-0.3, -0.25) is 4.79 Å². The fourth-order valence-electron chi connectivity index (χ4n) is 1.52. The van der Waals surface area contributed by atoms with Crippen LogP contribution in [0.4, 0.5) is 0 Å². The van der Waals surface area contributed by atoms with Gasteiger partial charge in [0.1, 0.15) is 5.75 Å². The van der Waals surface area contributed by atoms with Crippen molar-refractivity contribution < 1.29 is 9.53 Å². The highest BCUT2D eigenvalue weighted by Crippen LogP contribution is 2.09. The van der Waals surface area contributed by atoms with Crippen LogP contribution >= 0.6 is 12.2 Å². The number of ether oxygens (including phenoxy) is 1. The number of thiocarbonyl (C=S) groups is 1. The van der Waals surface area contributed by atoms with Crippen LogP contribution in [0.3, 0.4) is 0 Å². The molecule has 1 rings (SSSR count). The van der Waals surface area contributed by atoms with E-state index in [4.69, 9.17) is 22.7 Å². The van der Waals surface area contributed by atoms with Gasteiger partial charge in [-0.2, -0.15) is 0 Å². The first kappa shape index (κ1) is 15.4. The minimum absolute atomic E-state index is 0.0907. The Morgan fingerprint density at radius 2 is 2.00 bits per heavy atom. The van der Waals surface area contributed by atoms with Crippen LogP contribution in [0.1, 0.15) is 19.3 Å². The van der Waals surface area contributed by atoms with Crippen molar-refractivity contribution >= 4 is 23.1 Å². The Bertz CT molecular complexity index is 409. The zero-order valence-corrected chi connectivity index (χ0v) is 12.0. The molecule has 0 atom stereocenters. The second-order valence-corrected chi connectivity index (χ2v) is 4.82. The Labute approximate surface area is 119 Å². The molecule has 1 aromatic carbocycles. The van der Waals surface area contributed by atoms with Crippen LogP contribution < -0.4 is 10.5 Å². The van der Waals surface area contributed by atoms with Crippen molar-refractivity contribution in [3.8, 4) is 5.75 Å². The predicted molar refractivity (Wildman–Crippen MR) is 80.2 cm³/mol. The highest BCUT2D eigenvalue weighted by Gasteiger charge is 2.08. The summed E-state index contributed by atoms with van der Waals surface area (Å²) >= 11 is 4.78. The van der Waals surface area contributed by atoms with E-state index in [0.717, 1.165) is 5.75 Å². The molecular formula is C14H20N2O2S. The number of hydrogen-bond donors (Lipinski definition) is 1. The molecule has 19 heavy (non-hydrogen) atoms. The maximum atomic E-state index is 11.8. The molecule has 0 fully saturated rings. The number of para-hydroxylation sites is 1. The standard InChI is InChI=1S/C14H20N2O2S/c1-16(10-9-13(15)19)14(17)8-5-11-18-12-6-3-2-4-7-12/h2-4,6-7H,5,8-11H2,1H3,(H2,15,19). The Morgan fingerprint density at radius 1 is 1.32 bits per heavy atom. The quantitative estimate of drug-likeness (QED) is 0.584. The molecule has 0 bridgehead atoms. The molecule has 0 aliphatic heterocycles. The van der Waals surface area contributed by atoms with E-state index in [1.165, 1.54) is 0 Å². The van der Waals surface area contributed by atoms with Gasteiger partial charge in [0.15, 0.2) is 0 Å². The predicted octanol–water partition coefficient (Wildman–Crippen LogP) is 1.98. The van der Waals surface area contributed by atoms with Gasteiger partial charge in [-0.15, -0.1) is 0 Å². The third kappa shape index (κ3) is 6.76. The van der Waals surface area contributed by atoms with Crippen LogP contribution in [-0.4, -0.2) is 36.0 Å². The van der Waals surface area contributed by atoms with Gasteiger partial charge in [0.05, 0.1) is 11.6 Å². The normalized spacial score (nSPS) is 9.95. The summed E-state index contributed by atoms with van der Waals surface area (Å²) in [6.45, 7) is 1.12. The van der Waals surface area contributed by atoms with E-state index in [1.54, 1.807) is 11.9 Å². The third-order valence-corrected chi connectivity index (χ3v) is 2.87. The lowest BCUT2D eigenvalue weighted by Gasteiger charge is -2.16. The minimum atomic E-state index is 0.0907. The Kier molecular flexibility index (Phi) is 6.89. The number of nitrogens with two attached hydrogens (primary N) is 1. The lowest BCUT2D eigenvalue weighted by Crippen LogP contribution is -2.30. The van der Waals surface area contributed by atoms with Gasteiger partial charge in [-0.05, 0) is 18.6 Å². The molecule has 0 spiro atoms. The zero-order chi connectivity index (χ0) is 14.1. The molecule has 0 heterocycles. The van der Waals surface area contributed by atoms with Crippen molar-refractivity contribution in [2.24, 2.45) is 5.73 Å². The largest absolute Gasteiger partial charge is 0.494 e. The Morgan fingerprint density at radius 3 is 2.63 bits per heavy atom. The summed E-state index contributed by atoms with van der Waals surface area (Å²) in [6.07, 6.45) is 1.74. The van der Waals surface area contributed by atoms with Crippen molar-refractivity contribution in [1.29, 1.82) is 0 Å². The van der Waals surface area contributed by atoms with E-state index < -0.39 is 0 Å². The molecule has 0 saturated heterocycles. The molecule has 2 N–H and O–H groups in total. The average Bonchev–Trinajstić information content (AvgIpc) is 2.41. The minimum Gasteiger partial charge on any atom is -0.494 e. The molecule has 1 aromatic rings. The maximum Gasteiger partial charge on any atom is 0.222 e. The lowest BCUT2D eigenvalue weighted by atomic mass is 10.3. The van der Waals surface area contributed by atoms with Gasteiger partial charge in [0.25, 0.3) is 0 Å². The molecule has 1 amide bonds. The van der Waals surface area contributed by atoms with E-state index >= 15 is 0 Å². The van der Waals surface area contributed by atoms with Gasteiger partial charge in [0.2, 0.25) is 5.91 Å². The van der Waals surface area contributed by atoms with Gasteiger partial charge in [0, 0.05) is 26.4 Å². The highest BCUT2D eigenvalue weighted by molar-refractivity contribution is 7.80. The number of rotatable bonds is 8. The Balaban J connectivity index is 2.15. The van der Waals surface area contributed by atoms with Crippen LogP contribution in [0, 0.1) is 0 Å². The van der Waals surface area contributed by atoms with E-state index in [-0.39, 0.29) is 5.91 Å². The monoisotopic (exact) mass is 280 g/mol. The summed E-state index contributed by atoms with van der Waals surface area (Å²) in [5.41, 5.74) is 5.40. The van der Waals surface area contributed by atoms with Crippen molar-refractivity contribution in [2.45, 2.75) is 19.3 Å². The molecule has 4 nitrogen and oxygen atoms in total. The van der Waals surface area contributed by atoms with Gasteiger partial charge < -0.3 is 15.4 Å². The number of amides is 1. The SMILES string of the molecule is CN(CCC(N)=S)C(=O)CCCOc1ccccc1. The Hall–Kier alpha value is -1.62.